The molecule has 3 rings (SSSR count). The molecule has 26 heavy (non-hydrogen) atoms. The first kappa shape index (κ1) is 21.4. The number of rotatable bonds is 6. The Hall–Kier alpha value is -0.870. The fourth-order valence-electron chi connectivity index (χ4n) is 3.92. The van der Waals surface area contributed by atoms with E-state index in [1.54, 1.807) is 6.26 Å². The van der Waals surface area contributed by atoms with Crippen LogP contribution in [0.2, 0.25) is 0 Å². The maximum atomic E-state index is 5.50. The molecular weight excluding hydrogens is 445 g/mol. The van der Waals surface area contributed by atoms with Gasteiger partial charge in [-0.05, 0) is 12.8 Å². The van der Waals surface area contributed by atoms with E-state index in [0.717, 1.165) is 51.0 Å². The molecule has 2 N–H and O–H groups in total. The Morgan fingerprint density at radius 1 is 1.23 bits per heavy atom. The largest absolute Gasteiger partial charge is 0.379 e. The molecule has 0 radical (unpaired) electrons. The van der Waals surface area contributed by atoms with Crippen LogP contribution in [-0.2, 0) is 11.3 Å². The molecule has 2 aliphatic rings. The second kappa shape index (κ2) is 11.1. The molecule has 8 heteroatoms. The van der Waals surface area contributed by atoms with E-state index in [4.69, 9.17) is 9.26 Å². The number of ether oxygens (including phenoxy) is 1. The summed E-state index contributed by atoms with van der Waals surface area (Å²) >= 11 is 0. The molecule has 0 atom stereocenters. The Kier molecular flexibility index (Phi) is 9.13. The molecule has 2 heterocycles. The van der Waals surface area contributed by atoms with Crippen LogP contribution in [0.25, 0.3) is 0 Å². The van der Waals surface area contributed by atoms with E-state index in [9.17, 15) is 0 Å². The number of aromatic nitrogens is 1. The monoisotopic (exact) mass is 477 g/mol. The fourth-order valence-corrected chi connectivity index (χ4v) is 3.92. The number of nitrogens with zero attached hydrogens (tertiary/aromatic N) is 3. The zero-order chi connectivity index (χ0) is 17.4. The standard InChI is InChI=1S/C18H31N5O2.HI/c1-19-17(20-13-16-5-10-25-22-16)21-14-18(6-3-2-4-7-18)15-23-8-11-24-12-9-23;/h5,10H,2-4,6-9,11-15H2,1H3,(H2,19,20,21);1H. The molecule has 7 nitrogen and oxygen atoms in total. The lowest BCUT2D eigenvalue weighted by atomic mass is 9.73. The molecule has 0 amide bonds. The third-order valence-corrected chi connectivity index (χ3v) is 5.36. The maximum absolute atomic E-state index is 5.50. The second-order valence-electron chi connectivity index (χ2n) is 7.22. The molecule has 1 aromatic heterocycles. The van der Waals surface area contributed by atoms with Gasteiger partial charge in [-0.25, -0.2) is 0 Å². The normalized spacial score (nSPS) is 21.0. The first-order chi connectivity index (χ1) is 12.3. The zero-order valence-corrected chi connectivity index (χ0v) is 18.0. The minimum absolute atomic E-state index is 0. The highest BCUT2D eigenvalue weighted by atomic mass is 127. The summed E-state index contributed by atoms with van der Waals surface area (Å²) in [5, 5.41) is 10.8. The van der Waals surface area contributed by atoms with E-state index in [1.165, 1.54) is 32.1 Å². The number of aliphatic imine (C=N–C) groups is 1. The van der Waals surface area contributed by atoms with E-state index >= 15 is 0 Å². The highest BCUT2D eigenvalue weighted by Crippen LogP contribution is 2.36. The summed E-state index contributed by atoms with van der Waals surface area (Å²) in [5.74, 6) is 0.829. The summed E-state index contributed by atoms with van der Waals surface area (Å²) in [6.45, 7) is 6.58. The molecule has 2 fully saturated rings. The van der Waals surface area contributed by atoms with Crippen molar-refractivity contribution in [1.82, 2.24) is 20.7 Å². The number of nitrogens with one attached hydrogen (secondary N) is 2. The van der Waals surface area contributed by atoms with Crippen LogP contribution in [-0.4, -0.2) is 62.5 Å². The quantitative estimate of drug-likeness (QED) is 0.372. The van der Waals surface area contributed by atoms with Gasteiger partial charge in [0.05, 0.1) is 19.8 Å². The van der Waals surface area contributed by atoms with E-state index in [1.807, 2.05) is 13.1 Å². The number of guanidine groups is 1. The van der Waals surface area contributed by atoms with E-state index in [2.05, 4.69) is 25.7 Å². The summed E-state index contributed by atoms with van der Waals surface area (Å²) < 4.78 is 10.4. The Morgan fingerprint density at radius 2 is 2.00 bits per heavy atom. The van der Waals surface area contributed by atoms with E-state index < -0.39 is 0 Å². The van der Waals surface area contributed by atoms with Gasteiger partial charge in [-0.3, -0.25) is 9.89 Å². The number of hydrogen-bond donors (Lipinski definition) is 2. The van der Waals surface area contributed by atoms with Crippen LogP contribution in [0.5, 0.6) is 0 Å². The van der Waals surface area contributed by atoms with Crippen molar-refractivity contribution in [3.05, 3.63) is 18.0 Å². The lowest BCUT2D eigenvalue weighted by molar-refractivity contribution is 0.00820. The van der Waals surface area contributed by atoms with Crippen LogP contribution < -0.4 is 10.6 Å². The number of morpholine rings is 1. The van der Waals surface area contributed by atoms with Gasteiger partial charge < -0.3 is 19.9 Å². The summed E-state index contributed by atoms with van der Waals surface area (Å²) in [7, 11) is 1.81. The zero-order valence-electron chi connectivity index (χ0n) is 15.7. The van der Waals surface area contributed by atoms with Gasteiger partial charge in [-0.1, -0.05) is 24.4 Å². The Balaban J connectivity index is 0.00000243. The molecule has 148 valence electrons. The molecule has 0 bridgehead atoms. The third kappa shape index (κ3) is 6.38. The molecule has 0 aromatic carbocycles. The Morgan fingerprint density at radius 3 is 2.65 bits per heavy atom. The van der Waals surface area contributed by atoms with Crippen molar-refractivity contribution in [1.29, 1.82) is 0 Å². The second-order valence-corrected chi connectivity index (χ2v) is 7.22. The predicted molar refractivity (Wildman–Crippen MR) is 113 cm³/mol. The van der Waals surface area contributed by atoms with Gasteiger partial charge in [0.15, 0.2) is 5.96 Å². The van der Waals surface area contributed by atoms with Crippen molar-refractivity contribution < 1.29 is 9.26 Å². The highest BCUT2D eigenvalue weighted by Gasteiger charge is 2.34. The first-order valence-electron chi connectivity index (χ1n) is 9.44. The lowest BCUT2D eigenvalue weighted by Gasteiger charge is -2.42. The molecule has 1 aliphatic carbocycles. The van der Waals surface area contributed by atoms with Crippen molar-refractivity contribution >= 4 is 29.9 Å². The van der Waals surface area contributed by atoms with Crippen LogP contribution in [0.3, 0.4) is 0 Å². The lowest BCUT2D eigenvalue weighted by Crippen LogP contribution is -2.51. The van der Waals surface area contributed by atoms with Gasteiger partial charge in [-0.15, -0.1) is 24.0 Å². The molecule has 0 unspecified atom stereocenters. The van der Waals surface area contributed by atoms with Crippen LogP contribution in [0.1, 0.15) is 37.8 Å². The summed E-state index contributed by atoms with van der Waals surface area (Å²) in [6.07, 6.45) is 8.19. The van der Waals surface area contributed by atoms with Gasteiger partial charge >= 0.3 is 0 Å². The highest BCUT2D eigenvalue weighted by molar-refractivity contribution is 14.0. The minimum Gasteiger partial charge on any atom is -0.379 e. The number of hydrogen-bond acceptors (Lipinski definition) is 5. The van der Waals surface area contributed by atoms with Crippen LogP contribution in [0.15, 0.2) is 21.8 Å². The first-order valence-corrected chi connectivity index (χ1v) is 9.44. The Bertz CT molecular complexity index is 526. The smallest absolute Gasteiger partial charge is 0.191 e. The van der Waals surface area contributed by atoms with E-state index in [0.29, 0.717) is 12.0 Å². The van der Waals surface area contributed by atoms with Gasteiger partial charge in [-0.2, -0.15) is 0 Å². The van der Waals surface area contributed by atoms with E-state index in [-0.39, 0.29) is 24.0 Å². The van der Waals surface area contributed by atoms with Crippen molar-refractivity contribution in [3.8, 4) is 0 Å². The van der Waals surface area contributed by atoms with Crippen LogP contribution in [0.4, 0.5) is 0 Å². The van der Waals surface area contributed by atoms with Crippen molar-refractivity contribution in [2.45, 2.75) is 38.6 Å². The summed E-state index contributed by atoms with van der Waals surface area (Å²) in [5.41, 5.74) is 1.21. The third-order valence-electron chi connectivity index (χ3n) is 5.36. The molecular formula is C18H32IN5O2. The van der Waals surface area contributed by atoms with Gasteiger partial charge in [0, 0.05) is 44.7 Å². The summed E-state index contributed by atoms with van der Waals surface area (Å²) in [4.78, 5) is 6.92. The SMILES string of the molecule is CN=C(NCc1ccon1)NCC1(CN2CCOCC2)CCCCC1.I. The molecule has 1 aromatic rings. The molecule has 1 saturated heterocycles. The molecule has 0 spiro atoms. The van der Waals surface area contributed by atoms with Crippen molar-refractivity contribution in [3.63, 3.8) is 0 Å². The minimum atomic E-state index is 0. The van der Waals surface area contributed by atoms with Crippen LogP contribution >= 0.6 is 24.0 Å². The fraction of sp³-hybridized carbons (Fsp3) is 0.778. The van der Waals surface area contributed by atoms with Gasteiger partial charge in [0.2, 0.25) is 0 Å². The topological polar surface area (TPSA) is 74.9 Å². The summed E-state index contributed by atoms with van der Waals surface area (Å²) in [6, 6.07) is 1.86. The number of halogens is 1. The van der Waals surface area contributed by atoms with Crippen LogP contribution in [0, 0.1) is 5.41 Å². The average Bonchev–Trinajstić information content (AvgIpc) is 3.17. The van der Waals surface area contributed by atoms with Crippen molar-refractivity contribution in [2.75, 3.05) is 46.4 Å². The predicted octanol–water partition coefficient (Wildman–Crippen LogP) is 2.24. The average molecular weight is 477 g/mol. The maximum Gasteiger partial charge on any atom is 0.191 e. The van der Waals surface area contributed by atoms with Gasteiger partial charge in [0.25, 0.3) is 0 Å². The Labute approximate surface area is 173 Å². The molecule has 1 saturated carbocycles. The molecule has 1 aliphatic heterocycles. The van der Waals surface area contributed by atoms with Crippen molar-refractivity contribution in [2.24, 2.45) is 10.4 Å². The van der Waals surface area contributed by atoms with Gasteiger partial charge in [0.1, 0.15) is 12.0 Å².